The van der Waals surface area contributed by atoms with Gasteiger partial charge in [0, 0.05) is 14.1 Å². The summed E-state index contributed by atoms with van der Waals surface area (Å²) in [5.74, 6) is -7.12. The van der Waals surface area contributed by atoms with Crippen molar-refractivity contribution in [2.24, 2.45) is 14.1 Å². The zero-order valence-corrected chi connectivity index (χ0v) is 15.1. The number of nitrogens with zero attached hydrogens (tertiary/aromatic N) is 2. The van der Waals surface area contributed by atoms with Crippen LogP contribution in [0.5, 0.6) is 11.5 Å². The minimum Gasteiger partial charge on any atom is -0.494 e. The third kappa shape index (κ3) is 2.71. The molecule has 28 heavy (non-hydrogen) atoms. The summed E-state index contributed by atoms with van der Waals surface area (Å²) in [6.45, 7) is 0. The highest BCUT2D eigenvalue weighted by molar-refractivity contribution is 6.10. The molecule has 2 aromatic heterocycles. The molecule has 0 aliphatic rings. The number of aromatic carboxylic acids is 4. The summed E-state index contributed by atoms with van der Waals surface area (Å²) < 4.78 is 11.8. The first-order chi connectivity index (χ1) is 13.0. The summed E-state index contributed by atoms with van der Waals surface area (Å²) in [5, 5.41) is 38.2. The van der Waals surface area contributed by atoms with Gasteiger partial charge in [0.2, 0.25) is 0 Å². The Morgan fingerprint density at radius 2 is 0.857 bits per heavy atom. The van der Waals surface area contributed by atoms with E-state index in [9.17, 15) is 39.6 Å². The summed E-state index contributed by atoms with van der Waals surface area (Å²) in [7, 11) is 4.44. The Balaban J connectivity index is 3.21. The number of ether oxygens (including phenoxy) is 2. The van der Waals surface area contributed by atoms with E-state index in [2.05, 4.69) is 0 Å². The van der Waals surface area contributed by atoms with Gasteiger partial charge in [-0.2, -0.15) is 0 Å². The van der Waals surface area contributed by atoms with Crippen LogP contribution in [0.3, 0.4) is 0 Å². The smallest absolute Gasteiger partial charge is 0.356 e. The number of aromatic nitrogens is 2. The quantitative estimate of drug-likeness (QED) is 0.524. The van der Waals surface area contributed by atoms with E-state index >= 15 is 0 Å². The van der Waals surface area contributed by atoms with Crippen LogP contribution >= 0.6 is 0 Å². The lowest BCUT2D eigenvalue weighted by Gasteiger charge is -2.08. The van der Waals surface area contributed by atoms with Gasteiger partial charge < -0.3 is 39.0 Å². The predicted octanol–water partition coefficient (Wildman–Crippen LogP) is 0.841. The van der Waals surface area contributed by atoms with Gasteiger partial charge in [-0.05, 0) is 0 Å². The second-order valence-electron chi connectivity index (χ2n) is 5.55. The Bertz CT molecular complexity index is 945. The van der Waals surface area contributed by atoms with Gasteiger partial charge in [-0.25, -0.2) is 19.2 Å². The van der Waals surface area contributed by atoms with E-state index in [4.69, 9.17) is 9.47 Å². The van der Waals surface area contributed by atoms with Crippen LogP contribution < -0.4 is 9.47 Å². The van der Waals surface area contributed by atoms with Gasteiger partial charge in [-0.15, -0.1) is 0 Å². The number of carboxylic acids is 4. The van der Waals surface area contributed by atoms with Crippen molar-refractivity contribution in [3.05, 3.63) is 22.8 Å². The molecule has 0 aliphatic carbocycles. The lowest BCUT2D eigenvalue weighted by Crippen LogP contribution is -2.12. The Kier molecular flexibility index (Phi) is 5.07. The number of carboxylic acid groups (broad SMARTS) is 4. The average Bonchev–Trinajstić information content (AvgIpc) is 3.04. The van der Waals surface area contributed by atoms with Gasteiger partial charge >= 0.3 is 23.9 Å². The predicted molar refractivity (Wildman–Crippen MR) is 90.8 cm³/mol. The third-order valence-corrected chi connectivity index (χ3v) is 4.17. The molecule has 0 radical (unpaired) electrons. The van der Waals surface area contributed by atoms with Crippen molar-refractivity contribution >= 4 is 23.9 Å². The van der Waals surface area contributed by atoms with Crippen molar-refractivity contribution in [2.45, 2.75) is 0 Å². The first kappa shape index (κ1) is 20.4. The minimum atomic E-state index is -1.58. The fourth-order valence-corrected chi connectivity index (χ4v) is 3.16. The van der Waals surface area contributed by atoms with Crippen LogP contribution in [0.15, 0.2) is 0 Å². The molecule has 0 amide bonds. The molecule has 12 heteroatoms. The minimum absolute atomic E-state index is 0.424. The van der Waals surface area contributed by atoms with Gasteiger partial charge in [0.15, 0.2) is 22.9 Å². The Labute approximate surface area is 156 Å². The fraction of sp³-hybridized carbons (Fsp3) is 0.250. The van der Waals surface area contributed by atoms with Gasteiger partial charge in [0.1, 0.15) is 11.4 Å². The molecule has 0 unspecified atom stereocenters. The van der Waals surface area contributed by atoms with E-state index < -0.39 is 69.3 Å². The van der Waals surface area contributed by atoms with Gasteiger partial charge in [-0.3, -0.25) is 0 Å². The fourth-order valence-electron chi connectivity index (χ4n) is 3.16. The second-order valence-corrected chi connectivity index (χ2v) is 5.55. The van der Waals surface area contributed by atoms with Gasteiger partial charge in [0.05, 0.1) is 25.3 Å². The van der Waals surface area contributed by atoms with E-state index in [1.807, 2.05) is 0 Å². The second kappa shape index (κ2) is 6.98. The Morgan fingerprint density at radius 3 is 1.04 bits per heavy atom. The van der Waals surface area contributed by atoms with Crippen molar-refractivity contribution in [1.82, 2.24) is 9.13 Å². The third-order valence-electron chi connectivity index (χ3n) is 4.17. The van der Waals surface area contributed by atoms with Crippen LogP contribution in [0, 0.1) is 0 Å². The molecule has 150 valence electrons. The van der Waals surface area contributed by atoms with Gasteiger partial charge in [0.25, 0.3) is 0 Å². The average molecular weight is 396 g/mol. The zero-order valence-electron chi connectivity index (χ0n) is 15.1. The van der Waals surface area contributed by atoms with E-state index in [1.54, 1.807) is 0 Å². The molecule has 0 aromatic carbocycles. The van der Waals surface area contributed by atoms with E-state index in [0.717, 1.165) is 37.4 Å². The summed E-state index contributed by atoms with van der Waals surface area (Å²) >= 11 is 0. The summed E-state index contributed by atoms with van der Waals surface area (Å²) in [6.07, 6.45) is 0. The van der Waals surface area contributed by atoms with Crippen LogP contribution in [-0.4, -0.2) is 67.7 Å². The molecular weight excluding hydrogens is 380 g/mol. The normalized spacial score (nSPS) is 10.6. The molecule has 2 heterocycles. The molecule has 2 rings (SSSR count). The SMILES string of the molecule is COc1c(-c2c(OC)c(C(=O)O)n(C)c2C(=O)O)c(C(=O)O)n(C)c1C(=O)O. The van der Waals surface area contributed by atoms with Crippen molar-refractivity contribution in [3.8, 4) is 22.6 Å². The van der Waals surface area contributed by atoms with E-state index in [0.29, 0.717) is 0 Å². The van der Waals surface area contributed by atoms with Crippen LogP contribution in [0.25, 0.3) is 11.1 Å². The molecule has 4 N–H and O–H groups in total. The number of methoxy groups -OCH3 is 2. The lowest BCUT2D eigenvalue weighted by molar-refractivity contribution is 0.0656. The van der Waals surface area contributed by atoms with Crippen molar-refractivity contribution in [2.75, 3.05) is 14.2 Å². The standard InChI is InChI=1S/C16H16N2O10/c1-17-7(13(19)20)5(11(27-3)9(17)15(23)24)6-8(14(21)22)18(2)10(16(25)26)12(6)28-4/h1-4H3,(H,19,20)(H,21,22)(H,23,24)(H,25,26). The molecule has 0 saturated heterocycles. The zero-order chi connectivity index (χ0) is 21.5. The van der Waals surface area contributed by atoms with Crippen molar-refractivity contribution in [3.63, 3.8) is 0 Å². The van der Waals surface area contributed by atoms with Crippen LogP contribution in [0.2, 0.25) is 0 Å². The number of hydrogen-bond donors (Lipinski definition) is 4. The Morgan fingerprint density at radius 1 is 0.607 bits per heavy atom. The number of rotatable bonds is 7. The summed E-state index contributed by atoms with van der Waals surface area (Å²) in [5.41, 5.74) is -3.20. The molecule has 12 nitrogen and oxygen atoms in total. The molecule has 0 spiro atoms. The highest BCUT2D eigenvalue weighted by atomic mass is 16.5. The van der Waals surface area contributed by atoms with E-state index in [1.165, 1.54) is 0 Å². The number of carbonyl (C=O) groups is 4. The van der Waals surface area contributed by atoms with Crippen molar-refractivity contribution in [1.29, 1.82) is 0 Å². The molecule has 0 saturated carbocycles. The molecule has 2 aromatic rings. The van der Waals surface area contributed by atoms with Gasteiger partial charge in [-0.1, -0.05) is 0 Å². The van der Waals surface area contributed by atoms with Crippen LogP contribution in [-0.2, 0) is 14.1 Å². The van der Waals surface area contributed by atoms with Crippen LogP contribution in [0.4, 0.5) is 0 Å². The highest BCUT2D eigenvalue weighted by Crippen LogP contribution is 2.47. The molecule has 0 bridgehead atoms. The van der Waals surface area contributed by atoms with E-state index in [-0.39, 0.29) is 0 Å². The lowest BCUT2D eigenvalue weighted by atomic mass is 10.0. The summed E-state index contributed by atoms with van der Waals surface area (Å²) in [4.78, 5) is 47.0. The maximum Gasteiger partial charge on any atom is 0.356 e. The maximum atomic E-state index is 11.8. The maximum absolute atomic E-state index is 11.8. The Hall–Kier alpha value is -3.96. The largest absolute Gasteiger partial charge is 0.494 e. The topological polar surface area (TPSA) is 178 Å². The molecule has 0 aliphatic heterocycles. The van der Waals surface area contributed by atoms with Crippen LogP contribution in [0.1, 0.15) is 42.0 Å². The molecular formula is C16H16N2O10. The highest BCUT2D eigenvalue weighted by Gasteiger charge is 2.38. The van der Waals surface area contributed by atoms with Crippen molar-refractivity contribution < 1.29 is 49.1 Å². The molecule has 0 atom stereocenters. The monoisotopic (exact) mass is 396 g/mol. The number of hydrogen-bond acceptors (Lipinski definition) is 6. The first-order valence-electron chi connectivity index (χ1n) is 7.47. The summed E-state index contributed by atoms with van der Waals surface area (Å²) in [6, 6.07) is 0. The first-order valence-corrected chi connectivity index (χ1v) is 7.47. The molecule has 0 fully saturated rings.